The van der Waals surface area contributed by atoms with Gasteiger partial charge in [0.05, 0.1) is 0 Å². The molecule has 0 aliphatic carbocycles. The summed E-state index contributed by atoms with van der Waals surface area (Å²) >= 11 is 0. The summed E-state index contributed by atoms with van der Waals surface area (Å²) in [6, 6.07) is 0. The molecule has 0 aliphatic heterocycles. The van der Waals surface area contributed by atoms with Gasteiger partial charge in [-0.15, -0.1) is 0 Å². The SMILES string of the molecule is CCCCN(CCCC)C(=O)C(C)=CCCN. The van der Waals surface area contributed by atoms with Crippen molar-refractivity contribution in [1.82, 2.24) is 4.90 Å². The molecule has 0 aromatic heterocycles. The van der Waals surface area contributed by atoms with Gasteiger partial charge < -0.3 is 10.6 Å². The van der Waals surface area contributed by atoms with Crippen molar-refractivity contribution in [1.29, 1.82) is 0 Å². The average Bonchev–Trinajstić information content (AvgIpc) is 2.35. The topological polar surface area (TPSA) is 46.3 Å². The highest BCUT2D eigenvalue weighted by Crippen LogP contribution is 2.06. The van der Waals surface area contributed by atoms with E-state index in [1.54, 1.807) is 0 Å². The third-order valence-corrected chi connectivity index (χ3v) is 2.80. The van der Waals surface area contributed by atoms with Crippen LogP contribution < -0.4 is 5.73 Å². The first-order chi connectivity index (χ1) is 8.17. The van der Waals surface area contributed by atoms with Crippen LogP contribution in [0.5, 0.6) is 0 Å². The Kier molecular flexibility index (Phi) is 9.83. The monoisotopic (exact) mass is 240 g/mol. The van der Waals surface area contributed by atoms with Gasteiger partial charge in [-0.3, -0.25) is 4.79 Å². The van der Waals surface area contributed by atoms with Crippen molar-refractivity contribution in [3.8, 4) is 0 Å². The number of rotatable bonds is 9. The summed E-state index contributed by atoms with van der Waals surface area (Å²) in [4.78, 5) is 14.2. The van der Waals surface area contributed by atoms with E-state index in [4.69, 9.17) is 5.73 Å². The third-order valence-electron chi connectivity index (χ3n) is 2.80. The van der Waals surface area contributed by atoms with Crippen molar-refractivity contribution in [3.05, 3.63) is 11.6 Å². The molecule has 2 N–H and O–H groups in total. The second-order valence-corrected chi connectivity index (χ2v) is 4.46. The number of unbranched alkanes of at least 4 members (excludes halogenated alkanes) is 2. The van der Waals surface area contributed by atoms with Crippen molar-refractivity contribution in [2.45, 2.75) is 52.9 Å². The van der Waals surface area contributed by atoms with Crippen molar-refractivity contribution in [2.75, 3.05) is 19.6 Å². The molecule has 0 aliphatic rings. The lowest BCUT2D eigenvalue weighted by Gasteiger charge is -2.22. The van der Waals surface area contributed by atoms with Crippen LogP contribution >= 0.6 is 0 Å². The largest absolute Gasteiger partial charge is 0.339 e. The van der Waals surface area contributed by atoms with E-state index in [1.807, 2.05) is 17.9 Å². The summed E-state index contributed by atoms with van der Waals surface area (Å²) in [6.45, 7) is 8.56. The molecular formula is C14H28N2O. The third kappa shape index (κ3) is 7.16. The van der Waals surface area contributed by atoms with Crippen LogP contribution in [-0.4, -0.2) is 30.4 Å². The van der Waals surface area contributed by atoms with Gasteiger partial charge in [-0.05, 0) is 32.7 Å². The molecule has 0 bridgehead atoms. The van der Waals surface area contributed by atoms with Gasteiger partial charge in [-0.1, -0.05) is 32.8 Å². The minimum absolute atomic E-state index is 0.181. The van der Waals surface area contributed by atoms with Crippen LogP contribution in [0, 0.1) is 0 Å². The molecule has 0 unspecified atom stereocenters. The molecule has 0 fully saturated rings. The minimum Gasteiger partial charge on any atom is -0.339 e. The van der Waals surface area contributed by atoms with Crippen molar-refractivity contribution >= 4 is 5.91 Å². The Labute approximate surface area is 106 Å². The van der Waals surface area contributed by atoms with Gasteiger partial charge in [0.2, 0.25) is 5.91 Å². The zero-order chi connectivity index (χ0) is 13.1. The van der Waals surface area contributed by atoms with Gasteiger partial charge >= 0.3 is 0 Å². The van der Waals surface area contributed by atoms with E-state index < -0.39 is 0 Å². The number of hydrogen-bond acceptors (Lipinski definition) is 2. The molecule has 0 saturated carbocycles. The molecule has 0 saturated heterocycles. The molecule has 0 radical (unpaired) electrons. The molecule has 0 heterocycles. The fourth-order valence-electron chi connectivity index (χ4n) is 1.65. The number of amides is 1. The Morgan fingerprint density at radius 1 is 1.18 bits per heavy atom. The lowest BCUT2D eigenvalue weighted by Crippen LogP contribution is -2.33. The van der Waals surface area contributed by atoms with Gasteiger partial charge in [0.25, 0.3) is 0 Å². The van der Waals surface area contributed by atoms with Gasteiger partial charge in [0.1, 0.15) is 0 Å². The van der Waals surface area contributed by atoms with E-state index in [2.05, 4.69) is 13.8 Å². The van der Waals surface area contributed by atoms with E-state index >= 15 is 0 Å². The van der Waals surface area contributed by atoms with Crippen LogP contribution in [0.2, 0.25) is 0 Å². The maximum absolute atomic E-state index is 12.2. The predicted octanol–water partition coefficient (Wildman–Crippen LogP) is 2.71. The molecule has 1 amide bonds. The zero-order valence-corrected chi connectivity index (χ0v) is 11.7. The first-order valence-electron chi connectivity index (χ1n) is 6.83. The number of carbonyl (C=O) groups is 1. The first kappa shape index (κ1) is 16.2. The van der Waals surface area contributed by atoms with Crippen LogP contribution in [0.3, 0.4) is 0 Å². The van der Waals surface area contributed by atoms with Crippen molar-refractivity contribution < 1.29 is 4.79 Å². The number of nitrogens with zero attached hydrogens (tertiary/aromatic N) is 1. The number of nitrogens with two attached hydrogens (primary N) is 1. The second-order valence-electron chi connectivity index (χ2n) is 4.46. The van der Waals surface area contributed by atoms with E-state index in [0.717, 1.165) is 50.8 Å². The zero-order valence-electron chi connectivity index (χ0n) is 11.7. The van der Waals surface area contributed by atoms with E-state index in [9.17, 15) is 4.79 Å². The van der Waals surface area contributed by atoms with Gasteiger partial charge in [0, 0.05) is 18.7 Å². The highest BCUT2D eigenvalue weighted by atomic mass is 16.2. The van der Waals surface area contributed by atoms with Crippen LogP contribution in [0.1, 0.15) is 52.9 Å². The number of hydrogen-bond donors (Lipinski definition) is 1. The van der Waals surface area contributed by atoms with E-state index in [1.165, 1.54) is 0 Å². The minimum atomic E-state index is 0.181. The molecule has 100 valence electrons. The summed E-state index contributed by atoms with van der Waals surface area (Å²) in [7, 11) is 0. The molecule has 3 nitrogen and oxygen atoms in total. The Morgan fingerprint density at radius 3 is 2.12 bits per heavy atom. The molecule has 0 aromatic carbocycles. The lowest BCUT2D eigenvalue weighted by molar-refractivity contribution is -0.127. The predicted molar refractivity (Wildman–Crippen MR) is 73.8 cm³/mol. The average molecular weight is 240 g/mol. The summed E-state index contributed by atoms with van der Waals surface area (Å²) in [6.07, 6.45) is 7.16. The van der Waals surface area contributed by atoms with E-state index in [-0.39, 0.29) is 5.91 Å². The maximum Gasteiger partial charge on any atom is 0.249 e. The summed E-state index contributed by atoms with van der Waals surface area (Å²) in [5.41, 5.74) is 6.28. The highest BCUT2D eigenvalue weighted by Gasteiger charge is 2.13. The van der Waals surface area contributed by atoms with E-state index in [0.29, 0.717) is 6.54 Å². The summed E-state index contributed by atoms with van der Waals surface area (Å²) < 4.78 is 0. The Morgan fingerprint density at radius 2 is 1.71 bits per heavy atom. The standard InChI is InChI=1S/C14H28N2O/c1-4-6-11-16(12-7-5-2)14(17)13(3)9-8-10-15/h9H,4-8,10-12,15H2,1-3H3. The molecule has 0 spiro atoms. The fraction of sp³-hybridized carbons (Fsp3) is 0.786. The Bertz CT molecular complexity index is 228. The van der Waals surface area contributed by atoms with Crippen LogP contribution in [0.25, 0.3) is 0 Å². The van der Waals surface area contributed by atoms with Crippen LogP contribution in [0.4, 0.5) is 0 Å². The quantitative estimate of drug-likeness (QED) is 0.630. The number of carbonyl (C=O) groups excluding carboxylic acids is 1. The normalized spacial score (nSPS) is 11.6. The fourth-order valence-corrected chi connectivity index (χ4v) is 1.65. The molecular weight excluding hydrogens is 212 g/mol. The summed E-state index contributed by atoms with van der Waals surface area (Å²) in [5, 5.41) is 0. The van der Waals surface area contributed by atoms with Gasteiger partial charge in [-0.2, -0.15) is 0 Å². The molecule has 0 aromatic rings. The van der Waals surface area contributed by atoms with Gasteiger partial charge in [0.15, 0.2) is 0 Å². The smallest absolute Gasteiger partial charge is 0.249 e. The summed E-state index contributed by atoms with van der Waals surface area (Å²) in [5.74, 6) is 0.181. The van der Waals surface area contributed by atoms with Gasteiger partial charge in [-0.25, -0.2) is 0 Å². The second kappa shape index (κ2) is 10.3. The molecule has 0 rings (SSSR count). The van der Waals surface area contributed by atoms with Crippen molar-refractivity contribution in [3.63, 3.8) is 0 Å². The Balaban J connectivity index is 4.38. The molecule has 3 heteroatoms. The lowest BCUT2D eigenvalue weighted by atomic mass is 10.2. The highest BCUT2D eigenvalue weighted by molar-refractivity contribution is 5.92. The maximum atomic E-state index is 12.2. The first-order valence-corrected chi connectivity index (χ1v) is 6.83. The Hall–Kier alpha value is -0.830. The molecule has 0 atom stereocenters. The van der Waals surface area contributed by atoms with Crippen molar-refractivity contribution in [2.24, 2.45) is 5.73 Å². The molecule has 17 heavy (non-hydrogen) atoms. The van der Waals surface area contributed by atoms with Crippen LogP contribution in [0.15, 0.2) is 11.6 Å². The van der Waals surface area contributed by atoms with Crippen LogP contribution in [-0.2, 0) is 4.79 Å².